The van der Waals surface area contributed by atoms with E-state index in [1.807, 2.05) is 0 Å². The van der Waals surface area contributed by atoms with E-state index in [1.54, 1.807) is 0 Å². The van der Waals surface area contributed by atoms with E-state index in [-0.39, 0.29) is 27.0 Å². The van der Waals surface area contributed by atoms with E-state index in [4.69, 9.17) is 23.1 Å². The summed E-state index contributed by atoms with van der Waals surface area (Å²) in [5.41, 5.74) is 8.30. The van der Waals surface area contributed by atoms with Crippen LogP contribution < -0.4 is 11.5 Å². The van der Waals surface area contributed by atoms with Crippen molar-refractivity contribution in [2.75, 3.05) is 17.2 Å². The summed E-state index contributed by atoms with van der Waals surface area (Å²) in [6.07, 6.45) is -8.89. The number of nitrogen functional groups attached to an aromatic ring is 2. The number of sulfone groups is 1. The molecular formula is C16H15ClF6N2O2S. The monoisotopic (exact) mass is 448 g/mol. The minimum Gasteiger partial charge on any atom is -0.398 e. The van der Waals surface area contributed by atoms with Crippen molar-refractivity contribution in [3.05, 3.63) is 52.5 Å². The number of benzene rings is 2. The minimum absolute atomic E-state index is 0.0634. The Bertz CT molecular complexity index is 943. The Hall–Kier alpha value is -2.14. The first kappa shape index (κ1) is 23.9. The molecule has 2 rings (SSSR count). The molecule has 0 aromatic heterocycles. The number of hydrogen-bond donors (Lipinski definition) is 2. The van der Waals surface area contributed by atoms with E-state index in [0.717, 1.165) is 24.3 Å². The number of nitrogens with two attached hydrogens (primary N) is 2. The number of rotatable bonds is 2. The second kappa shape index (κ2) is 8.48. The maximum absolute atomic E-state index is 12.3. The molecule has 0 fully saturated rings. The molecule has 0 radical (unpaired) electrons. The van der Waals surface area contributed by atoms with Crippen molar-refractivity contribution in [1.82, 2.24) is 0 Å². The maximum atomic E-state index is 12.3. The van der Waals surface area contributed by atoms with Crippen molar-refractivity contribution >= 4 is 32.8 Å². The van der Waals surface area contributed by atoms with Gasteiger partial charge < -0.3 is 11.5 Å². The lowest BCUT2D eigenvalue weighted by molar-refractivity contribution is -0.138. The summed E-state index contributed by atoms with van der Waals surface area (Å²) in [5, 5.41) is 0.128. The number of alkyl halides is 6. The number of halogens is 7. The zero-order chi connectivity index (χ0) is 21.9. The average Bonchev–Trinajstić information content (AvgIpc) is 2.56. The van der Waals surface area contributed by atoms with Gasteiger partial charge in [-0.15, -0.1) is 0 Å². The Balaban J connectivity index is 0.000000292. The lowest BCUT2D eigenvalue weighted by Crippen LogP contribution is -2.10. The van der Waals surface area contributed by atoms with Gasteiger partial charge in [-0.2, -0.15) is 26.3 Å². The van der Waals surface area contributed by atoms with Crippen LogP contribution in [0.2, 0.25) is 5.02 Å². The SMILES string of the molecule is CCS(=O)(=O)c1ccc(C(F)(F)F)cc1N.Nc1cc(C(F)(F)F)ccc1Cl. The average molecular weight is 449 g/mol. The van der Waals surface area contributed by atoms with Gasteiger partial charge in [0.2, 0.25) is 0 Å². The quantitative estimate of drug-likeness (QED) is 0.499. The molecule has 0 unspecified atom stereocenters. The van der Waals surface area contributed by atoms with Gasteiger partial charge in [-0.05, 0) is 36.4 Å². The fourth-order valence-corrected chi connectivity index (χ4v) is 3.01. The molecule has 28 heavy (non-hydrogen) atoms. The van der Waals surface area contributed by atoms with Gasteiger partial charge >= 0.3 is 12.4 Å². The summed E-state index contributed by atoms with van der Waals surface area (Å²) in [4.78, 5) is -0.261. The molecule has 156 valence electrons. The Morgan fingerprint density at radius 1 is 0.857 bits per heavy atom. The summed E-state index contributed by atoms with van der Waals surface area (Å²) in [5.74, 6) is -0.206. The molecule has 0 spiro atoms. The Labute approximate surface area is 162 Å². The Morgan fingerprint density at radius 3 is 1.64 bits per heavy atom. The van der Waals surface area contributed by atoms with Crippen molar-refractivity contribution < 1.29 is 34.8 Å². The van der Waals surface area contributed by atoms with Gasteiger partial charge in [0.15, 0.2) is 9.84 Å². The van der Waals surface area contributed by atoms with Crippen LogP contribution in [0, 0.1) is 0 Å². The van der Waals surface area contributed by atoms with Crippen LogP contribution in [-0.2, 0) is 22.2 Å². The van der Waals surface area contributed by atoms with Crippen molar-refractivity contribution in [3.63, 3.8) is 0 Å². The van der Waals surface area contributed by atoms with E-state index in [2.05, 4.69) is 0 Å². The van der Waals surface area contributed by atoms with Crippen molar-refractivity contribution in [3.8, 4) is 0 Å². The third kappa shape index (κ3) is 6.20. The van der Waals surface area contributed by atoms with Gasteiger partial charge in [0.25, 0.3) is 0 Å². The molecule has 0 heterocycles. The van der Waals surface area contributed by atoms with Crippen LogP contribution in [-0.4, -0.2) is 14.2 Å². The first-order valence-electron chi connectivity index (χ1n) is 7.41. The smallest absolute Gasteiger partial charge is 0.398 e. The summed E-state index contributed by atoms with van der Waals surface area (Å²) < 4.78 is 95.7. The van der Waals surface area contributed by atoms with Gasteiger partial charge in [0, 0.05) is 0 Å². The molecule has 4 nitrogen and oxygen atoms in total. The normalized spacial score (nSPS) is 12.3. The topological polar surface area (TPSA) is 86.2 Å². The van der Waals surface area contributed by atoms with Gasteiger partial charge in [-0.3, -0.25) is 0 Å². The number of hydrogen-bond acceptors (Lipinski definition) is 4. The first-order valence-corrected chi connectivity index (χ1v) is 9.44. The van der Waals surface area contributed by atoms with Crippen molar-refractivity contribution in [2.24, 2.45) is 0 Å². The molecule has 0 bridgehead atoms. The zero-order valence-electron chi connectivity index (χ0n) is 14.2. The highest BCUT2D eigenvalue weighted by atomic mass is 35.5. The first-order chi connectivity index (χ1) is 12.6. The van der Waals surface area contributed by atoms with E-state index < -0.39 is 33.3 Å². The molecular weight excluding hydrogens is 434 g/mol. The maximum Gasteiger partial charge on any atom is 0.416 e. The summed E-state index contributed by atoms with van der Waals surface area (Å²) in [6.45, 7) is 1.40. The highest BCUT2D eigenvalue weighted by molar-refractivity contribution is 7.91. The lowest BCUT2D eigenvalue weighted by atomic mass is 10.2. The van der Waals surface area contributed by atoms with Gasteiger partial charge in [-0.25, -0.2) is 8.42 Å². The van der Waals surface area contributed by atoms with E-state index in [9.17, 15) is 34.8 Å². The molecule has 0 amide bonds. The molecule has 12 heteroatoms. The van der Waals surface area contributed by atoms with Crippen LogP contribution in [0.4, 0.5) is 37.7 Å². The van der Waals surface area contributed by atoms with Crippen LogP contribution in [0.5, 0.6) is 0 Å². The Morgan fingerprint density at radius 2 is 1.29 bits per heavy atom. The fraction of sp³-hybridized carbons (Fsp3) is 0.250. The third-order valence-electron chi connectivity index (χ3n) is 3.38. The molecule has 0 aliphatic heterocycles. The van der Waals surface area contributed by atoms with E-state index in [0.29, 0.717) is 12.1 Å². The predicted molar refractivity (Wildman–Crippen MR) is 94.4 cm³/mol. The molecule has 2 aromatic carbocycles. The molecule has 0 aliphatic carbocycles. The minimum atomic E-state index is -4.53. The fourth-order valence-electron chi connectivity index (χ4n) is 1.88. The second-order valence-electron chi connectivity index (χ2n) is 5.39. The number of anilines is 2. The summed E-state index contributed by atoms with van der Waals surface area (Å²) in [6, 6.07) is 5.04. The van der Waals surface area contributed by atoms with E-state index in [1.165, 1.54) is 6.92 Å². The van der Waals surface area contributed by atoms with Crippen LogP contribution >= 0.6 is 11.6 Å². The van der Waals surface area contributed by atoms with Crippen LogP contribution in [0.25, 0.3) is 0 Å². The van der Waals surface area contributed by atoms with Crippen LogP contribution in [0.3, 0.4) is 0 Å². The molecule has 2 aromatic rings. The highest BCUT2D eigenvalue weighted by Crippen LogP contribution is 2.33. The van der Waals surface area contributed by atoms with Gasteiger partial charge in [0.05, 0.1) is 38.2 Å². The van der Waals surface area contributed by atoms with Gasteiger partial charge in [-0.1, -0.05) is 18.5 Å². The lowest BCUT2D eigenvalue weighted by Gasteiger charge is -2.10. The van der Waals surface area contributed by atoms with Gasteiger partial charge in [0.1, 0.15) is 0 Å². The summed E-state index contributed by atoms with van der Waals surface area (Å²) >= 11 is 5.44. The predicted octanol–water partition coefficient (Wildman–Crippen LogP) is 5.02. The Kier molecular flexibility index (Phi) is 7.24. The summed E-state index contributed by atoms with van der Waals surface area (Å²) in [7, 11) is -3.58. The molecule has 0 atom stereocenters. The largest absolute Gasteiger partial charge is 0.416 e. The molecule has 4 N–H and O–H groups in total. The van der Waals surface area contributed by atoms with Crippen LogP contribution in [0.1, 0.15) is 18.1 Å². The van der Waals surface area contributed by atoms with E-state index >= 15 is 0 Å². The zero-order valence-corrected chi connectivity index (χ0v) is 15.8. The van der Waals surface area contributed by atoms with Crippen molar-refractivity contribution in [1.29, 1.82) is 0 Å². The highest BCUT2D eigenvalue weighted by Gasteiger charge is 2.32. The van der Waals surface area contributed by atoms with Crippen LogP contribution in [0.15, 0.2) is 41.3 Å². The standard InChI is InChI=1S/C9H10F3NO2S.C7H5ClF3N/c1-2-16(14,15)8-4-3-6(5-7(8)13)9(10,11)12;8-5-2-1-4(3-6(5)12)7(9,10)11/h3-5H,2,13H2,1H3;1-3H,12H2. The molecule has 0 saturated carbocycles. The molecule has 0 saturated heterocycles. The second-order valence-corrected chi connectivity index (χ2v) is 8.04. The van der Waals surface area contributed by atoms with Crippen molar-refractivity contribution in [2.45, 2.75) is 24.2 Å². The molecule has 0 aliphatic rings. The third-order valence-corrected chi connectivity index (χ3v) is 5.52.